The van der Waals surface area contributed by atoms with Crippen LogP contribution in [0.3, 0.4) is 0 Å². The lowest BCUT2D eigenvalue weighted by atomic mass is 10.4. The standard InChI is InChI=1S/2C4H8O.C4H9.CH3.2Al/c2*1-2-3-4-5;1-3-4-2;;;/h2*1-4H2;1,3-4H2,2H3;1H3;;/q2*-1;;;2*+1. The Balaban J connectivity index is 0.000000181. The maximum atomic E-state index is 5.72. The van der Waals surface area contributed by atoms with E-state index in [9.17, 15) is 0 Å². The molecule has 4 heteroatoms. The molecule has 0 saturated carbocycles. The minimum Gasteiger partial charge on any atom is -0.501 e. The number of unbranched alkanes of at least 4 members (excludes halogenated alkanes) is 1. The van der Waals surface area contributed by atoms with Crippen molar-refractivity contribution in [1.82, 2.24) is 0 Å². The molecule has 0 amide bonds. The highest BCUT2D eigenvalue weighted by Gasteiger charge is 2.21. The second kappa shape index (κ2) is 10.9. The first kappa shape index (κ1) is 16.0. The van der Waals surface area contributed by atoms with E-state index in [1.165, 1.54) is 54.4 Å². The van der Waals surface area contributed by atoms with Gasteiger partial charge in [-0.1, -0.05) is 54.2 Å². The molecule has 2 heterocycles. The largest absolute Gasteiger partial charge is 0.501 e. The van der Waals surface area contributed by atoms with Crippen molar-refractivity contribution >= 4 is 29.0 Å². The van der Waals surface area contributed by atoms with Crippen LogP contribution in [0.1, 0.15) is 45.4 Å². The van der Waals surface area contributed by atoms with E-state index in [1.807, 2.05) is 0 Å². The Kier molecular flexibility index (Phi) is 10.3. The van der Waals surface area contributed by atoms with Crippen molar-refractivity contribution in [3.63, 3.8) is 0 Å². The Morgan fingerprint density at radius 1 is 0.941 bits per heavy atom. The van der Waals surface area contributed by atoms with Crippen LogP contribution in [0.25, 0.3) is 0 Å². The van der Waals surface area contributed by atoms with Crippen molar-refractivity contribution in [2.24, 2.45) is 0 Å². The molecule has 0 aromatic carbocycles. The molecule has 17 heavy (non-hydrogen) atoms. The van der Waals surface area contributed by atoms with Gasteiger partial charge in [0.25, 0.3) is 0 Å². The molecular formula is C13H28Al2O2. The molecule has 2 aliphatic heterocycles. The van der Waals surface area contributed by atoms with Gasteiger partial charge in [0.15, 0.2) is 0 Å². The molecule has 98 valence electrons. The molecule has 0 bridgehead atoms. The molecule has 0 atom stereocenters. The van der Waals surface area contributed by atoms with Gasteiger partial charge in [-0.3, -0.25) is 0 Å². The van der Waals surface area contributed by atoms with Crippen LogP contribution < -0.4 is 0 Å². The van der Waals surface area contributed by atoms with Crippen molar-refractivity contribution in [1.29, 1.82) is 0 Å². The Morgan fingerprint density at radius 2 is 1.65 bits per heavy atom. The lowest BCUT2D eigenvalue weighted by molar-refractivity contribution is 0.286. The van der Waals surface area contributed by atoms with Crippen LogP contribution in [0.5, 0.6) is 0 Å². The van der Waals surface area contributed by atoms with Crippen LogP contribution in [-0.4, -0.2) is 42.2 Å². The van der Waals surface area contributed by atoms with Gasteiger partial charge in [0.2, 0.25) is 0 Å². The van der Waals surface area contributed by atoms with E-state index < -0.39 is 29.0 Å². The molecule has 2 fully saturated rings. The zero-order valence-corrected chi connectivity index (χ0v) is 14.1. The van der Waals surface area contributed by atoms with E-state index in [4.69, 9.17) is 7.58 Å². The quantitative estimate of drug-likeness (QED) is 0.721. The van der Waals surface area contributed by atoms with Crippen molar-refractivity contribution in [2.45, 2.75) is 67.1 Å². The van der Waals surface area contributed by atoms with Crippen LogP contribution in [0, 0.1) is 0 Å². The van der Waals surface area contributed by atoms with Crippen molar-refractivity contribution in [3.05, 3.63) is 0 Å². The summed E-state index contributed by atoms with van der Waals surface area (Å²) in [5, 5.41) is 4.27. The SMILES string of the molecule is CCC[CH2][Al]1[CH2]CCC[O]1.[CH3][Al]1[CH2]CCC[O]1. The molecular weight excluding hydrogens is 242 g/mol. The summed E-state index contributed by atoms with van der Waals surface area (Å²) in [5.74, 6) is 2.28. The van der Waals surface area contributed by atoms with Crippen LogP contribution in [0.15, 0.2) is 0 Å². The summed E-state index contributed by atoms with van der Waals surface area (Å²) in [6.45, 7) is 4.38. The van der Waals surface area contributed by atoms with Crippen LogP contribution in [0.4, 0.5) is 0 Å². The Labute approximate surface area is 117 Å². The predicted octanol–water partition coefficient (Wildman–Crippen LogP) is 4.01. The first-order chi connectivity index (χ1) is 8.33. The zero-order chi connectivity index (χ0) is 12.3. The first-order valence-electron chi connectivity index (χ1n) is 7.56. The van der Waals surface area contributed by atoms with E-state index in [0.717, 1.165) is 13.2 Å². The topological polar surface area (TPSA) is 18.5 Å². The molecule has 2 aliphatic rings. The van der Waals surface area contributed by atoms with E-state index in [2.05, 4.69) is 12.7 Å². The number of rotatable bonds is 3. The second-order valence-corrected chi connectivity index (χ2v) is 10.6. The minimum absolute atomic E-state index is 0.595. The molecule has 0 radical (unpaired) electrons. The minimum atomic E-state index is -0.644. The van der Waals surface area contributed by atoms with Crippen LogP contribution in [0.2, 0.25) is 21.6 Å². The zero-order valence-electron chi connectivity index (χ0n) is 11.7. The van der Waals surface area contributed by atoms with Gasteiger partial charge in [-0.2, -0.15) is 0 Å². The summed E-state index contributed by atoms with van der Waals surface area (Å²) in [6, 6.07) is 0. The monoisotopic (exact) mass is 270 g/mol. The third kappa shape index (κ3) is 8.66. The summed E-state index contributed by atoms with van der Waals surface area (Å²) in [5.41, 5.74) is 0. The molecule has 0 aromatic heterocycles. The summed E-state index contributed by atoms with van der Waals surface area (Å²) >= 11 is -1.24. The fourth-order valence-electron chi connectivity index (χ4n) is 2.37. The van der Waals surface area contributed by atoms with E-state index in [-0.39, 0.29) is 0 Å². The highest BCUT2D eigenvalue weighted by Crippen LogP contribution is 2.15. The smallest absolute Gasteiger partial charge is 0.460 e. The summed E-state index contributed by atoms with van der Waals surface area (Å²) in [7, 11) is 0. The van der Waals surface area contributed by atoms with Crippen molar-refractivity contribution < 1.29 is 7.58 Å². The second-order valence-electron chi connectivity index (χ2n) is 5.31. The van der Waals surface area contributed by atoms with Gasteiger partial charge in [0.05, 0.1) is 0 Å². The highest BCUT2D eigenvalue weighted by molar-refractivity contribution is 6.52. The molecule has 2 saturated heterocycles. The Hall–Kier alpha value is 0.985. The maximum absolute atomic E-state index is 5.72. The highest BCUT2D eigenvalue weighted by atomic mass is 27.2. The van der Waals surface area contributed by atoms with Gasteiger partial charge in [0.1, 0.15) is 0 Å². The molecule has 0 unspecified atom stereocenters. The third-order valence-electron chi connectivity index (χ3n) is 3.56. The van der Waals surface area contributed by atoms with Crippen LogP contribution in [-0.2, 0) is 7.58 Å². The van der Waals surface area contributed by atoms with Gasteiger partial charge in [-0.15, -0.1) is 0 Å². The van der Waals surface area contributed by atoms with Gasteiger partial charge in [-0.05, 0) is 12.8 Å². The normalized spacial score (nSPS) is 20.8. The average Bonchev–Trinajstić information content (AvgIpc) is 2.39. The molecule has 0 spiro atoms. The van der Waals surface area contributed by atoms with E-state index in [1.54, 1.807) is 0 Å². The fourth-order valence-corrected chi connectivity index (χ4v) is 6.70. The van der Waals surface area contributed by atoms with Crippen molar-refractivity contribution in [3.8, 4) is 0 Å². The third-order valence-corrected chi connectivity index (χ3v) is 8.40. The maximum Gasteiger partial charge on any atom is 0.460 e. The average molecular weight is 270 g/mol. The van der Waals surface area contributed by atoms with Gasteiger partial charge in [0, 0.05) is 13.2 Å². The number of hydrogen-bond donors (Lipinski definition) is 0. The Morgan fingerprint density at radius 3 is 2.06 bits per heavy atom. The molecule has 0 aromatic rings. The van der Waals surface area contributed by atoms with Gasteiger partial charge >= 0.3 is 29.0 Å². The van der Waals surface area contributed by atoms with Crippen molar-refractivity contribution in [2.75, 3.05) is 13.2 Å². The summed E-state index contributed by atoms with van der Waals surface area (Å²) in [4.78, 5) is 0. The van der Waals surface area contributed by atoms with Gasteiger partial charge in [-0.25, -0.2) is 0 Å². The molecule has 2 rings (SSSR count). The predicted molar refractivity (Wildman–Crippen MR) is 77.1 cm³/mol. The summed E-state index contributed by atoms with van der Waals surface area (Å²) < 4.78 is 11.1. The molecule has 0 N–H and O–H groups in total. The van der Waals surface area contributed by atoms with Gasteiger partial charge < -0.3 is 7.58 Å². The summed E-state index contributed by atoms with van der Waals surface area (Å²) in [6.07, 6.45) is 8.23. The first-order valence-corrected chi connectivity index (χ1v) is 12.1. The van der Waals surface area contributed by atoms with E-state index >= 15 is 0 Å². The van der Waals surface area contributed by atoms with E-state index in [0.29, 0.717) is 0 Å². The molecule has 2 nitrogen and oxygen atoms in total. The lowest BCUT2D eigenvalue weighted by Gasteiger charge is -2.17. The molecule has 0 aliphatic carbocycles. The lowest BCUT2D eigenvalue weighted by Crippen LogP contribution is -2.22. The number of hydrogen-bond acceptors (Lipinski definition) is 2. The fraction of sp³-hybridized carbons (Fsp3) is 1.00. The Bertz CT molecular complexity index is 167. The van der Waals surface area contributed by atoms with Crippen LogP contribution >= 0.6 is 0 Å².